The number of benzene rings is 1. The summed E-state index contributed by atoms with van der Waals surface area (Å²) in [7, 11) is 0. The van der Waals surface area contributed by atoms with Crippen LogP contribution in [0.5, 0.6) is 5.75 Å². The van der Waals surface area contributed by atoms with Crippen molar-refractivity contribution < 1.29 is 19.4 Å². The van der Waals surface area contributed by atoms with E-state index in [-0.39, 0.29) is 16.7 Å². The fourth-order valence-corrected chi connectivity index (χ4v) is 6.65. The standard InChI is InChI=1S/C25H34N2O3/c1-15-21-16(10-20-18-8-6-7-9-19(18)23(28)30-22(15)20)13-27(14-29-21)17-11-24(2,3)26-25(4,5)12-17/h10,17,26H,6-9,11-14H2,1-5H3/p+2. The Hall–Kier alpha value is -1.85. The second kappa shape index (κ2) is 6.83. The van der Waals surface area contributed by atoms with Crippen molar-refractivity contribution in [2.45, 2.75) is 96.8 Å². The van der Waals surface area contributed by atoms with E-state index < -0.39 is 0 Å². The van der Waals surface area contributed by atoms with Gasteiger partial charge in [-0.25, -0.2) is 4.79 Å². The Morgan fingerprint density at radius 3 is 2.43 bits per heavy atom. The van der Waals surface area contributed by atoms with Crippen LogP contribution in [0.25, 0.3) is 11.0 Å². The second-order valence-corrected chi connectivity index (χ2v) is 11.3. The van der Waals surface area contributed by atoms with E-state index in [1.807, 2.05) is 6.92 Å². The summed E-state index contributed by atoms with van der Waals surface area (Å²) < 4.78 is 12.1. The number of hydrogen-bond acceptors (Lipinski definition) is 3. The SMILES string of the molecule is Cc1c2c(cc3c4c(c(=O)oc13)CCCC4)C[NH+](C1CC(C)(C)[NH2+]C(C)(C)C1)CO2. The number of nitrogens with one attached hydrogen (secondary N) is 1. The Morgan fingerprint density at radius 1 is 1.07 bits per heavy atom. The molecule has 1 fully saturated rings. The molecule has 0 spiro atoms. The van der Waals surface area contributed by atoms with E-state index in [9.17, 15) is 4.79 Å². The number of piperidine rings is 1. The van der Waals surface area contributed by atoms with Crippen LogP contribution in [0.3, 0.4) is 0 Å². The molecule has 30 heavy (non-hydrogen) atoms. The normalized spacial score (nSPS) is 25.4. The lowest BCUT2D eigenvalue weighted by Gasteiger charge is -2.45. The summed E-state index contributed by atoms with van der Waals surface area (Å²) in [6.45, 7) is 13.2. The minimum atomic E-state index is -0.147. The molecule has 3 N–H and O–H groups in total. The van der Waals surface area contributed by atoms with E-state index in [4.69, 9.17) is 9.15 Å². The molecule has 1 aliphatic carbocycles. The molecule has 3 aliphatic rings. The van der Waals surface area contributed by atoms with Crippen LogP contribution in [-0.2, 0) is 19.4 Å². The third kappa shape index (κ3) is 3.36. The van der Waals surface area contributed by atoms with Gasteiger partial charge in [-0.15, -0.1) is 0 Å². The molecular formula is C25H36N2O3+2. The number of quaternary nitrogens is 2. The van der Waals surface area contributed by atoms with Gasteiger partial charge >= 0.3 is 5.63 Å². The lowest BCUT2D eigenvalue weighted by Crippen LogP contribution is -3.20. The molecule has 3 heterocycles. The molecule has 2 aromatic rings. The summed E-state index contributed by atoms with van der Waals surface area (Å²) >= 11 is 0. The highest BCUT2D eigenvalue weighted by Crippen LogP contribution is 2.36. The molecule has 1 unspecified atom stereocenters. The maximum Gasteiger partial charge on any atom is 0.339 e. The number of aryl methyl sites for hydroxylation is 2. The van der Waals surface area contributed by atoms with Crippen LogP contribution in [0.1, 0.15) is 75.6 Å². The number of hydrogen-bond donors (Lipinski definition) is 2. The van der Waals surface area contributed by atoms with E-state index in [1.54, 1.807) is 0 Å². The van der Waals surface area contributed by atoms with Gasteiger partial charge in [-0.3, -0.25) is 4.90 Å². The summed E-state index contributed by atoms with van der Waals surface area (Å²) in [5, 5.41) is 3.68. The van der Waals surface area contributed by atoms with Crippen LogP contribution in [0.4, 0.5) is 0 Å². The lowest BCUT2D eigenvalue weighted by atomic mass is 9.79. The number of fused-ring (bicyclic) bond motifs is 4. The maximum absolute atomic E-state index is 12.6. The van der Waals surface area contributed by atoms with Gasteiger partial charge in [0.2, 0.25) is 6.73 Å². The van der Waals surface area contributed by atoms with Crippen molar-refractivity contribution in [2.75, 3.05) is 6.73 Å². The second-order valence-electron chi connectivity index (χ2n) is 11.3. The van der Waals surface area contributed by atoms with Crippen molar-refractivity contribution in [3.8, 4) is 5.75 Å². The topological polar surface area (TPSA) is 60.5 Å². The van der Waals surface area contributed by atoms with Gasteiger partial charge in [0.05, 0.1) is 23.9 Å². The summed E-state index contributed by atoms with van der Waals surface area (Å²) in [6.07, 6.45) is 6.45. The number of ether oxygens (including phenoxy) is 1. The summed E-state index contributed by atoms with van der Waals surface area (Å²) in [4.78, 5) is 14.1. The van der Waals surface area contributed by atoms with Gasteiger partial charge in [0, 0.05) is 22.1 Å². The average molecular weight is 413 g/mol. The van der Waals surface area contributed by atoms with Gasteiger partial charge in [0.15, 0.2) is 0 Å². The molecule has 0 amide bonds. The van der Waals surface area contributed by atoms with Crippen molar-refractivity contribution in [3.63, 3.8) is 0 Å². The van der Waals surface area contributed by atoms with Gasteiger partial charge in [0.1, 0.15) is 23.9 Å². The third-order valence-corrected chi connectivity index (χ3v) is 7.49. The minimum Gasteiger partial charge on any atom is -0.444 e. The summed E-state index contributed by atoms with van der Waals surface area (Å²) in [5.41, 5.74) is 5.48. The average Bonchev–Trinajstić information content (AvgIpc) is 2.67. The molecule has 1 atom stereocenters. The summed E-state index contributed by atoms with van der Waals surface area (Å²) in [6, 6.07) is 2.86. The van der Waals surface area contributed by atoms with E-state index in [0.29, 0.717) is 12.8 Å². The molecule has 1 aromatic heterocycles. The van der Waals surface area contributed by atoms with E-state index in [1.165, 1.54) is 28.9 Å². The molecule has 2 aliphatic heterocycles. The predicted molar refractivity (Wildman–Crippen MR) is 117 cm³/mol. The van der Waals surface area contributed by atoms with Crippen molar-refractivity contribution in [1.82, 2.24) is 0 Å². The zero-order valence-electron chi connectivity index (χ0n) is 19.1. The molecular weight excluding hydrogens is 376 g/mol. The van der Waals surface area contributed by atoms with Gasteiger partial charge in [-0.05, 0) is 71.9 Å². The molecule has 0 bridgehead atoms. The zero-order valence-corrected chi connectivity index (χ0v) is 19.1. The highest BCUT2D eigenvalue weighted by molar-refractivity contribution is 5.87. The molecule has 0 saturated carbocycles. The van der Waals surface area contributed by atoms with Gasteiger partial charge in [-0.1, -0.05) is 0 Å². The monoisotopic (exact) mass is 412 g/mol. The predicted octanol–water partition coefficient (Wildman–Crippen LogP) is 2.00. The first-order chi connectivity index (χ1) is 14.1. The van der Waals surface area contributed by atoms with Gasteiger partial charge in [-0.2, -0.15) is 0 Å². The first-order valence-corrected chi connectivity index (χ1v) is 11.6. The van der Waals surface area contributed by atoms with Gasteiger partial charge in [0.25, 0.3) is 0 Å². The van der Waals surface area contributed by atoms with Crippen molar-refractivity contribution in [2.24, 2.45) is 0 Å². The molecule has 1 aromatic carbocycles. The Balaban J connectivity index is 1.54. The largest absolute Gasteiger partial charge is 0.444 e. The molecule has 5 heteroatoms. The minimum absolute atomic E-state index is 0.147. The smallest absolute Gasteiger partial charge is 0.339 e. The number of nitrogens with two attached hydrogens (primary N) is 1. The van der Waals surface area contributed by atoms with Gasteiger partial charge < -0.3 is 14.5 Å². The van der Waals surface area contributed by atoms with Crippen LogP contribution in [-0.4, -0.2) is 23.9 Å². The van der Waals surface area contributed by atoms with Crippen molar-refractivity contribution >= 4 is 11.0 Å². The first-order valence-electron chi connectivity index (χ1n) is 11.6. The zero-order chi connectivity index (χ0) is 21.3. The Bertz CT molecular complexity index is 1050. The van der Waals surface area contributed by atoms with Crippen LogP contribution in [0.15, 0.2) is 15.3 Å². The molecule has 162 valence electrons. The Kier molecular flexibility index (Phi) is 4.57. The third-order valence-electron chi connectivity index (χ3n) is 7.49. The van der Waals surface area contributed by atoms with Crippen LogP contribution in [0.2, 0.25) is 0 Å². The number of rotatable bonds is 1. The van der Waals surface area contributed by atoms with E-state index >= 15 is 0 Å². The van der Waals surface area contributed by atoms with Crippen LogP contribution in [0, 0.1) is 6.92 Å². The first kappa shape index (κ1) is 20.1. The van der Waals surface area contributed by atoms with Crippen LogP contribution >= 0.6 is 0 Å². The fraction of sp³-hybridized carbons (Fsp3) is 0.640. The molecule has 0 radical (unpaired) electrons. The molecule has 1 saturated heterocycles. The van der Waals surface area contributed by atoms with Crippen molar-refractivity contribution in [1.29, 1.82) is 0 Å². The Morgan fingerprint density at radius 2 is 1.73 bits per heavy atom. The summed E-state index contributed by atoms with van der Waals surface area (Å²) in [5.74, 6) is 0.936. The van der Waals surface area contributed by atoms with E-state index in [0.717, 1.165) is 60.1 Å². The van der Waals surface area contributed by atoms with E-state index in [2.05, 4.69) is 39.1 Å². The molecule has 5 rings (SSSR count). The lowest BCUT2D eigenvalue weighted by molar-refractivity contribution is -0.969. The highest BCUT2D eigenvalue weighted by Gasteiger charge is 2.46. The van der Waals surface area contributed by atoms with Crippen molar-refractivity contribution in [3.05, 3.63) is 38.7 Å². The molecule has 5 nitrogen and oxygen atoms in total. The Labute approximate surface area is 178 Å². The quantitative estimate of drug-likeness (QED) is 0.705. The fourth-order valence-electron chi connectivity index (χ4n) is 6.65. The maximum atomic E-state index is 12.6. The highest BCUT2D eigenvalue weighted by atomic mass is 16.5. The van der Waals surface area contributed by atoms with Crippen LogP contribution < -0.4 is 20.6 Å².